The molecule has 0 saturated carbocycles. The number of carboxylic acid groups (broad SMARTS) is 1. The van der Waals surface area contributed by atoms with E-state index in [0.717, 1.165) is 6.07 Å². The van der Waals surface area contributed by atoms with E-state index in [1.807, 2.05) is 0 Å². The van der Waals surface area contributed by atoms with Crippen molar-refractivity contribution in [2.45, 2.75) is 6.54 Å². The summed E-state index contributed by atoms with van der Waals surface area (Å²) in [5.74, 6) is -1.13. The normalized spacial score (nSPS) is 10.6. The molecule has 0 bridgehead atoms. The van der Waals surface area contributed by atoms with Gasteiger partial charge in [-0.2, -0.15) is 0 Å². The van der Waals surface area contributed by atoms with Crippen molar-refractivity contribution < 1.29 is 15.0 Å². The van der Waals surface area contributed by atoms with Crippen LogP contribution in [0.25, 0.3) is 10.9 Å². The number of hydrogen-bond donors (Lipinski definition) is 2. The number of fused-ring (bicyclic) bond motifs is 1. The van der Waals surface area contributed by atoms with Crippen molar-refractivity contribution in [2.75, 3.05) is 6.61 Å². The Morgan fingerprint density at radius 1 is 1.29 bits per heavy atom. The average molecular weight is 233 g/mol. The number of benzene rings is 1. The predicted molar refractivity (Wildman–Crippen MR) is 62.3 cm³/mol. The summed E-state index contributed by atoms with van der Waals surface area (Å²) in [5, 5.41) is 18.4. The number of aromatic carboxylic acids is 1. The molecule has 5 nitrogen and oxygen atoms in total. The molecule has 0 aliphatic carbocycles. The highest BCUT2D eigenvalue weighted by Gasteiger charge is 2.12. The second-order valence-electron chi connectivity index (χ2n) is 3.59. The molecule has 5 heteroatoms. The summed E-state index contributed by atoms with van der Waals surface area (Å²) in [7, 11) is 0. The van der Waals surface area contributed by atoms with E-state index in [4.69, 9.17) is 10.2 Å². The van der Waals surface area contributed by atoms with Crippen LogP contribution in [-0.2, 0) is 6.54 Å². The minimum absolute atomic E-state index is 0.0141. The van der Waals surface area contributed by atoms with Crippen molar-refractivity contribution >= 4 is 16.9 Å². The zero-order chi connectivity index (χ0) is 12.4. The maximum absolute atomic E-state index is 11.7. The molecule has 2 rings (SSSR count). The third-order valence-corrected chi connectivity index (χ3v) is 2.57. The zero-order valence-electron chi connectivity index (χ0n) is 8.96. The summed E-state index contributed by atoms with van der Waals surface area (Å²) in [4.78, 5) is 22.8. The number of nitrogens with zero attached hydrogens (tertiary/aromatic N) is 1. The molecule has 88 valence electrons. The fourth-order valence-electron chi connectivity index (χ4n) is 1.84. The number of aliphatic hydroxyl groups is 1. The van der Waals surface area contributed by atoms with Crippen LogP contribution in [0.15, 0.2) is 35.1 Å². The standard InChI is InChI=1S/C12H11NO4/c14-6-5-13-10-4-2-1-3-8(10)9(12(16)17)7-11(13)15/h1-4,7,14H,5-6H2,(H,16,17). The average Bonchev–Trinajstić information content (AvgIpc) is 2.32. The van der Waals surface area contributed by atoms with Crippen LogP contribution in [0.2, 0.25) is 0 Å². The van der Waals surface area contributed by atoms with Crippen molar-refractivity contribution in [1.82, 2.24) is 4.57 Å². The Labute approximate surface area is 96.5 Å². The lowest BCUT2D eigenvalue weighted by atomic mass is 10.1. The predicted octanol–water partition coefficient (Wildman–Crippen LogP) is 0.692. The van der Waals surface area contributed by atoms with Gasteiger partial charge in [-0.05, 0) is 6.07 Å². The number of rotatable bonds is 3. The van der Waals surface area contributed by atoms with E-state index in [2.05, 4.69) is 0 Å². The lowest BCUT2D eigenvalue weighted by Crippen LogP contribution is -2.23. The fourth-order valence-corrected chi connectivity index (χ4v) is 1.84. The smallest absolute Gasteiger partial charge is 0.336 e. The Kier molecular flexibility index (Phi) is 2.93. The van der Waals surface area contributed by atoms with Gasteiger partial charge in [0.05, 0.1) is 17.7 Å². The maximum atomic E-state index is 11.7. The summed E-state index contributed by atoms with van der Waals surface area (Å²) in [6, 6.07) is 7.83. The highest BCUT2D eigenvalue weighted by molar-refractivity contribution is 6.02. The van der Waals surface area contributed by atoms with Gasteiger partial charge in [0.25, 0.3) is 5.56 Å². The number of aliphatic hydroxyl groups excluding tert-OH is 1. The number of carboxylic acids is 1. The summed E-state index contributed by atoms with van der Waals surface area (Å²) < 4.78 is 1.36. The third-order valence-electron chi connectivity index (χ3n) is 2.57. The number of carbonyl (C=O) groups is 1. The Morgan fingerprint density at radius 2 is 2.00 bits per heavy atom. The molecule has 0 amide bonds. The van der Waals surface area contributed by atoms with E-state index in [1.54, 1.807) is 24.3 Å². The molecule has 2 N–H and O–H groups in total. The van der Waals surface area contributed by atoms with Crippen LogP contribution in [0.3, 0.4) is 0 Å². The zero-order valence-corrected chi connectivity index (χ0v) is 8.96. The lowest BCUT2D eigenvalue weighted by molar-refractivity contribution is 0.0698. The quantitative estimate of drug-likeness (QED) is 0.817. The van der Waals surface area contributed by atoms with Gasteiger partial charge in [0.2, 0.25) is 0 Å². The molecule has 0 unspecified atom stereocenters. The molecule has 17 heavy (non-hydrogen) atoms. The third kappa shape index (κ3) is 1.92. The van der Waals surface area contributed by atoms with Gasteiger partial charge in [0.1, 0.15) is 0 Å². The van der Waals surface area contributed by atoms with Gasteiger partial charge < -0.3 is 14.8 Å². The summed E-state index contributed by atoms with van der Waals surface area (Å²) >= 11 is 0. The molecule has 0 aliphatic rings. The highest BCUT2D eigenvalue weighted by Crippen LogP contribution is 2.16. The van der Waals surface area contributed by atoms with Crippen LogP contribution in [0.5, 0.6) is 0 Å². The van der Waals surface area contributed by atoms with Gasteiger partial charge in [-0.15, -0.1) is 0 Å². The van der Waals surface area contributed by atoms with E-state index in [1.165, 1.54) is 4.57 Å². The first-order valence-electron chi connectivity index (χ1n) is 5.12. The van der Waals surface area contributed by atoms with Gasteiger partial charge in [0, 0.05) is 18.0 Å². The van der Waals surface area contributed by atoms with E-state index in [-0.39, 0.29) is 18.7 Å². The van der Waals surface area contributed by atoms with E-state index in [9.17, 15) is 9.59 Å². The first kappa shape index (κ1) is 11.3. The maximum Gasteiger partial charge on any atom is 0.336 e. The van der Waals surface area contributed by atoms with Crippen molar-refractivity contribution in [3.05, 3.63) is 46.2 Å². The van der Waals surface area contributed by atoms with Crippen LogP contribution in [-0.4, -0.2) is 27.4 Å². The SMILES string of the molecule is O=C(O)c1cc(=O)n(CCO)c2ccccc12. The van der Waals surface area contributed by atoms with E-state index in [0.29, 0.717) is 10.9 Å². The van der Waals surface area contributed by atoms with Crippen molar-refractivity contribution in [3.8, 4) is 0 Å². The Hall–Kier alpha value is -2.14. The molecule has 0 radical (unpaired) electrons. The molecule has 0 spiro atoms. The molecule has 0 aliphatic heterocycles. The Bertz CT molecular complexity index is 630. The second kappa shape index (κ2) is 4.39. The van der Waals surface area contributed by atoms with Gasteiger partial charge in [0.15, 0.2) is 0 Å². The van der Waals surface area contributed by atoms with Gasteiger partial charge in [-0.25, -0.2) is 4.79 Å². The molecule has 1 aromatic carbocycles. The summed E-state index contributed by atoms with van der Waals surface area (Å²) in [6.45, 7) is -0.0183. The molecule has 0 atom stereocenters. The van der Waals surface area contributed by atoms with Gasteiger partial charge >= 0.3 is 5.97 Å². The minimum Gasteiger partial charge on any atom is -0.478 e. The first-order chi connectivity index (χ1) is 8.15. The van der Waals surface area contributed by atoms with Crippen LogP contribution in [0.4, 0.5) is 0 Å². The largest absolute Gasteiger partial charge is 0.478 e. The second-order valence-corrected chi connectivity index (χ2v) is 3.59. The van der Waals surface area contributed by atoms with Crippen LogP contribution < -0.4 is 5.56 Å². The Morgan fingerprint density at radius 3 is 2.65 bits per heavy atom. The van der Waals surface area contributed by atoms with Crippen LogP contribution >= 0.6 is 0 Å². The number of para-hydroxylation sites is 1. The molecule has 2 aromatic rings. The van der Waals surface area contributed by atoms with Crippen molar-refractivity contribution in [2.24, 2.45) is 0 Å². The number of aromatic nitrogens is 1. The molecule has 0 saturated heterocycles. The number of hydrogen-bond acceptors (Lipinski definition) is 3. The molecule has 1 heterocycles. The van der Waals surface area contributed by atoms with Gasteiger partial charge in [-0.1, -0.05) is 18.2 Å². The number of pyridine rings is 1. The topological polar surface area (TPSA) is 79.5 Å². The fraction of sp³-hybridized carbons (Fsp3) is 0.167. The molecule has 0 fully saturated rings. The summed E-state index contributed by atoms with van der Waals surface area (Å²) in [5.41, 5.74) is 0.0846. The molecule has 1 aromatic heterocycles. The van der Waals surface area contributed by atoms with Crippen molar-refractivity contribution in [1.29, 1.82) is 0 Å². The molecular formula is C12H11NO4. The van der Waals surface area contributed by atoms with Gasteiger partial charge in [-0.3, -0.25) is 4.79 Å². The monoisotopic (exact) mass is 233 g/mol. The minimum atomic E-state index is -1.13. The highest BCUT2D eigenvalue weighted by atomic mass is 16.4. The lowest BCUT2D eigenvalue weighted by Gasteiger charge is -2.10. The first-order valence-corrected chi connectivity index (χ1v) is 5.12. The van der Waals surface area contributed by atoms with Crippen molar-refractivity contribution in [3.63, 3.8) is 0 Å². The Balaban J connectivity index is 2.87. The summed E-state index contributed by atoms with van der Waals surface area (Å²) in [6.07, 6.45) is 0. The van der Waals surface area contributed by atoms with E-state index >= 15 is 0 Å². The van der Waals surface area contributed by atoms with Crippen LogP contribution in [0.1, 0.15) is 10.4 Å². The van der Waals surface area contributed by atoms with Crippen LogP contribution in [0, 0.1) is 0 Å². The molecular weight excluding hydrogens is 222 g/mol. The van der Waals surface area contributed by atoms with E-state index < -0.39 is 11.5 Å².